The molecule has 0 saturated carbocycles. The molecule has 3 heterocycles. The lowest BCUT2D eigenvalue weighted by molar-refractivity contribution is 0.953. The second-order valence-electron chi connectivity index (χ2n) is 11.7. The molecule has 0 unspecified atom stereocenters. The van der Waals surface area contributed by atoms with E-state index in [0.717, 1.165) is 38.9 Å². The van der Waals surface area contributed by atoms with Crippen LogP contribution in [0.4, 0.5) is 0 Å². The number of benzene rings is 7. The third-order valence-electron chi connectivity index (χ3n) is 9.10. The lowest BCUT2D eigenvalue weighted by atomic mass is 10.00. The maximum atomic E-state index is 5.23. The first-order chi connectivity index (χ1) is 22.8. The minimum Gasteiger partial charge on any atom is -0.307 e. The summed E-state index contributed by atoms with van der Waals surface area (Å²) < 4.78 is 4.67. The first kappa shape index (κ1) is 25.0. The molecule has 0 fully saturated rings. The summed E-state index contributed by atoms with van der Waals surface area (Å²) in [5.74, 6) is 1.87. The van der Waals surface area contributed by atoms with E-state index in [2.05, 4.69) is 124 Å². The maximum absolute atomic E-state index is 5.23. The maximum Gasteiger partial charge on any atom is 0.238 e. The van der Waals surface area contributed by atoms with Gasteiger partial charge in [0.1, 0.15) is 0 Å². The summed E-state index contributed by atoms with van der Waals surface area (Å²) in [6.07, 6.45) is 0. The van der Waals surface area contributed by atoms with Crippen molar-refractivity contribution >= 4 is 54.4 Å². The molecule has 7 aromatic carbocycles. The lowest BCUT2D eigenvalue weighted by Gasteiger charge is -2.13. The Morgan fingerprint density at radius 3 is 1.72 bits per heavy atom. The molecule has 214 valence electrons. The van der Waals surface area contributed by atoms with Gasteiger partial charge >= 0.3 is 0 Å². The zero-order valence-corrected chi connectivity index (χ0v) is 24.7. The largest absolute Gasteiger partial charge is 0.307 e. The SMILES string of the molecule is c1ccc(-c2nc(-c3ccccc3)nc(-n3c4cccc5ccc6cc7c8ccccc8n(-c8ccccc8)c7c3c6c54)n2)cc1. The average Bonchev–Trinajstić information content (AvgIpc) is 3.66. The molecular formula is C41H25N5. The number of aromatic nitrogens is 5. The van der Waals surface area contributed by atoms with Crippen LogP contribution in [0.15, 0.2) is 152 Å². The van der Waals surface area contributed by atoms with Gasteiger partial charge in [0.2, 0.25) is 5.95 Å². The molecule has 46 heavy (non-hydrogen) atoms. The van der Waals surface area contributed by atoms with Gasteiger partial charge in [-0.3, -0.25) is 4.57 Å². The van der Waals surface area contributed by atoms with Crippen LogP contribution in [0.5, 0.6) is 0 Å². The van der Waals surface area contributed by atoms with E-state index in [1.807, 2.05) is 36.4 Å². The molecule has 0 aliphatic carbocycles. The van der Waals surface area contributed by atoms with E-state index in [4.69, 9.17) is 15.0 Å². The molecule has 0 atom stereocenters. The van der Waals surface area contributed by atoms with Gasteiger partial charge in [-0.15, -0.1) is 0 Å². The molecule has 3 aromatic heterocycles. The highest BCUT2D eigenvalue weighted by Gasteiger charge is 2.25. The quantitative estimate of drug-likeness (QED) is 0.193. The molecular weight excluding hydrogens is 562 g/mol. The first-order valence-corrected chi connectivity index (χ1v) is 15.5. The van der Waals surface area contributed by atoms with Crippen LogP contribution in [0.25, 0.3) is 88.8 Å². The Kier molecular flexibility index (Phi) is 5.22. The summed E-state index contributed by atoms with van der Waals surface area (Å²) in [5.41, 5.74) is 7.45. The van der Waals surface area contributed by atoms with Crippen LogP contribution in [0.2, 0.25) is 0 Å². The number of para-hydroxylation sites is 2. The minimum atomic E-state index is 0.593. The van der Waals surface area contributed by atoms with Crippen LogP contribution in [0, 0.1) is 0 Å². The molecule has 0 bridgehead atoms. The van der Waals surface area contributed by atoms with Gasteiger partial charge in [-0.05, 0) is 41.1 Å². The van der Waals surface area contributed by atoms with Crippen LogP contribution in [-0.4, -0.2) is 24.1 Å². The Morgan fingerprint density at radius 2 is 1.00 bits per heavy atom. The molecule has 0 N–H and O–H groups in total. The van der Waals surface area contributed by atoms with Crippen molar-refractivity contribution in [3.63, 3.8) is 0 Å². The Balaban J connectivity index is 1.44. The second kappa shape index (κ2) is 9.58. The molecule has 0 aliphatic heterocycles. The monoisotopic (exact) mass is 587 g/mol. The fraction of sp³-hybridized carbons (Fsp3) is 0. The molecule has 0 amide bonds. The van der Waals surface area contributed by atoms with Crippen LogP contribution in [-0.2, 0) is 0 Å². The zero-order chi connectivity index (χ0) is 30.2. The van der Waals surface area contributed by atoms with Crippen LogP contribution < -0.4 is 0 Å². The summed E-state index contributed by atoms with van der Waals surface area (Å²) in [6, 6.07) is 53.0. The van der Waals surface area contributed by atoms with Crippen molar-refractivity contribution in [2.24, 2.45) is 0 Å². The van der Waals surface area contributed by atoms with Crippen molar-refractivity contribution in [1.82, 2.24) is 24.1 Å². The number of hydrogen-bond donors (Lipinski definition) is 0. The van der Waals surface area contributed by atoms with Crippen LogP contribution in [0.1, 0.15) is 0 Å². The number of nitrogens with zero attached hydrogens (tertiary/aromatic N) is 5. The van der Waals surface area contributed by atoms with Crippen molar-refractivity contribution in [2.75, 3.05) is 0 Å². The normalized spacial score (nSPS) is 11.9. The van der Waals surface area contributed by atoms with Gasteiger partial charge < -0.3 is 4.57 Å². The first-order valence-electron chi connectivity index (χ1n) is 15.5. The predicted molar refractivity (Wildman–Crippen MR) is 188 cm³/mol. The van der Waals surface area contributed by atoms with Crippen molar-refractivity contribution in [3.05, 3.63) is 152 Å². The molecule has 5 nitrogen and oxygen atoms in total. The van der Waals surface area contributed by atoms with Crippen molar-refractivity contribution in [1.29, 1.82) is 0 Å². The second-order valence-corrected chi connectivity index (χ2v) is 11.7. The van der Waals surface area contributed by atoms with Crippen molar-refractivity contribution in [3.8, 4) is 34.4 Å². The molecule has 10 aromatic rings. The molecule has 0 radical (unpaired) electrons. The highest BCUT2D eigenvalue weighted by Crippen LogP contribution is 2.45. The summed E-state index contributed by atoms with van der Waals surface area (Å²) in [4.78, 5) is 15.5. The molecule has 0 aliphatic rings. The van der Waals surface area contributed by atoms with E-state index >= 15 is 0 Å². The Labute approximate surface area is 264 Å². The smallest absolute Gasteiger partial charge is 0.238 e. The number of rotatable bonds is 4. The van der Waals surface area contributed by atoms with Gasteiger partial charge in [0, 0.05) is 38.4 Å². The third-order valence-corrected chi connectivity index (χ3v) is 9.10. The lowest BCUT2D eigenvalue weighted by Crippen LogP contribution is -2.07. The average molecular weight is 588 g/mol. The van der Waals surface area contributed by atoms with Crippen molar-refractivity contribution < 1.29 is 0 Å². The zero-order valence-electron chi connectivity index (χ0n) is 24.7. The molecule has 5 heteroatoms. The summed E-state index contributed by atoms with van der Waals surface area (Å²) >= 11 is 0. The highest BCUT2D eigenvalue weighted by molar-refractivity contribution is 6.32. The van der Waals surface area contributed by atoms with Crippen LogP contribution >= 0.6 is 0 Å². The molecule has 0 spiro atoms. The number of fused-ring (bicyclic) bond motifs is 4. The highest BCUT2D eigenvalue weighted by atomic mass is 15.2. The van der Waals surface area contributed by atoms with Gasteiger partial charge in [0.05, 0.1) is 22.1 Å². The Bertz CT molecular complexity index is 2670. The summed E-state index contributed by atoms with van der Waals surface area (Å²) in [6.45, 7) is 0. The van der Waals surface area contributed by atoms with E-state index in [1.54, 1.807) is 0 Å². The standard InChI is InChI=1S/C41H25N5/c1-4-13-27(14-5-1)39-42-40(28-15-6-2-7-16-28)44-41(43-39)46-34-22-12-17-26-23-24-29-25-32-31-20-10-11-21-33(31)45(30-18-8-3-9-19-30)37(32)38(46)36(29)35(26)34/h1-25H. The fourth-order valence-electron chi connectivity index (χ4n) is 7.14. The van der Waals surface area contributed by atoms with Gasteiger partial charge in [0.25, 0.3) is 0 Å². The third kappa shape index (κ3) is 3.54. The van der Waals surface area contributed by atoms with E-state index < -0.39 is 0 Å². The Hall–Kier alpha value is -6.33. The summed E-state index contributed by atoms with van der Waals surface area (Å²) in [5, 5.41) is 7.21. The number of hydrogen-bond acceptors (Lipinski definition) is 3. The van der Waals surface area contributed by atoms with Gasteiger partial charge in [-0.2, -0.15) is 9.97 Å². The predicted octanol–water partition coefficient (Wildman–Crippen LogP) is 9.99. The molecule has 0 saturated heterocycles. The Morgan fingerprint density at radius 1 is 0.391 bits per heavy atom. The minimum absolute atomic E-state index is 0.593. The van der Waals surface area contributed by atoms with Crippen molar-refractivity contribution in [2.45, 2.75) is 0 Å². The topological polar surface area (TPSA) is 48.5 Å². The fourth-order valence-corrected chi connectivity index (χ4v) is 7.14. The van der Waals surface area contributed by atoms with E-state index in [1.165, 1.54) is 32.3 Å². The van der Waals surface area contributed by atoms with E-state index in [9.17, 15) is 0 Å². The molecule has 10 rings (SSSR count). The summed E-state index contributed by atoms with van der Waals surface area (Å²) in [7, 11) is 0. The van der Waals surface area contributed by atoms with Gasteiger partial charge in [-0.1, -0.05) is 121 Å². The van der Waals surface area contributed by atoms with Crippen LogP contribution in [0.3, 0.4) is 0 Å². The van der Waals surface area contributed by atoms with E-state index in [0.29, 0.717) is 17.6 Å². The van der Waals surface area contributed by atoms with Gasteiger partial charge in [-0.25, -0.2) is 4.98 Å². The van der Waals surface area contributed by atoms with E-state index in [-0.39, 0.29) is 0 Å². The van der Waals surface area contributed by atoms with Gasteiger partial charge in [0.15, 0.2) is 11.6 Å².